The van der Waals surface area contributed by atoms with Gasteiger partial charge in [-0.15, -0.1) is 0 Å². The van der Waals surface area contributed by atoms with Gasteiger partial charge in [-0.2, -0.15) is 0 Å². The molecule has 0 saturated carbocycles. The highest BCUT2D eigenvalue weighted by Gasteiger charge is 2.24. The second-order valence-electron chi connectivity index (χ2n) is 15.9. The molecule has 0 N–H and O–H groups in total. The van der Waals surface area contributed by atoms with Crippen LogP contribution in [0.25, 0.3) is 0 Å². The number of rotatable bonds is 12. The first-order valence-corrected chi connectivity index (χ1v) is 22.4. The summed E-state index contributed by atoms with van der Waals surface area (Å²) in [5.41, 5.74) is 2.14. The van der Waals surface area contributed by atoms with Gasteiger partial charge in [-0.05, 0) is 108 Å². The number of hydrogen-bond acceptors (Lipinski definition) is 14. The van der Waals surface area contributed by atoms with Crippen LogP contribution in [0.4, 0.5) is 9.59 Å². The van der Waals surface area contributed by atoms with E-state index in [4.69, 9.17) is 37.9 Å². The highest BCUT2D eigenvalue weighted by molar-refractivity contribution is 5.91. The van der Waals surface area contributed by atoms with Crippen molar-refractivity contribution in [2.75, 3.05) is 0 Å². The fourth-order valence-corrected chi connectivity index (χ4v) is 6.46. The number of esters is 4. The van der Waals surface area contributed by atoms with Gasteiger partial charge in [0.2, 0.25) is 0 Å². The van der Waals surface area contributed by atoms with Gasteiger partial charge in [0.1, 0.15) is 46.0 Å². The molecule has 0 aliphatic carbocycles. The van der Waals surface area contributed by atoms with Gasteiger partial charge < -0.3 is 37.9 Å². The Morgan fingerprint density at radius 2 is 0.548 bits per heavy atom. The zero-order valence-corrected chi connectivity index (χ0v) is 40.0. The van der Waals surface area contributed by atoms with Crippen LogP contribution in [0.2, 0.25) is 0 Å². The Kier molecular flexibility index (Phi) is 18.9. The van der Waals surface area contributed by atoms with Crippen LogP contribution in [0, 0.1) is 0 Å². The molecule has 0 heterocycles. The van der Waals surface area contributed by atoms with Crippen molar-refractivity contribution in [2.45, 2.75) is 33.1 Å². The minimum atomic E-state index is -0.961. The zero-order valence-electron chi connectivity index (χ0n) is 40.0. The van der Waals surface area contributed by atoms with E-state index >= 15 is 0 Å². The van der Waals surface area contributed by atoms with Gasteiger partial charge in [-0.1, -0.05) is 123 Å². The summed E-state index contributed by atoms with van der Waals surface area (Å²) < 4.78 is 41.7. The molecule has 0 aliphatic heterocycles. The molecule has 0 radical (unpaired) electrons. The van der Waals surface area contributed by atoms with Gasteiger partial charge in [-0.3, -0.25) is 9.59 Å². The third-order valence-electron chi connectivity index (χ3n) is 10.0. The lowest BCUT2D eigenvalue weighted by molar-refractivity contribution is -0.132. The van der Waals surface area contributed by atoms with Crippen molar-refractivity contribution in [3.63, 3.8) is 0 Å². The molecule has 73 heavy (non-hydrogen) atoms. The molecule has 0 fully saturated rings. The number of benzene rings is 8. The average molecular weight is 981 g/mol. The zero-order chi connectivity index (χ0) is 52.0. The fourth-order valence-electron chi connectivity index (χ4n) is 6.46. The van der Waals surface area contributed by atoms with Crippen molar-refractivity contribution in [3.8, 4) is 46.0 Å². The molecular formula is C59H48O14. The lowest BCUT2D eigenvalue weighted by atomic mass is 9.78. The monoisotopic (exact) mass is 980 g/mol. The number of carbonyl (C=O) groups is 6. The van der Waals surface area contributed by atoms with Gasteiger partial charge in [0, 0.05) is 31.4 Å². The minimum absolute atomic E-state index is 0.142. The highest BCUT2D eigenvalue weighted by atomic mass is 16.7. The lowest BCUT2D eigenvalue weighted by Crippen LogP contribution is -2.19. The van der Waals surface area contributed by atoms with Gasteiger partial charge in [-0.25, -0.2) is 19.2 Å². The Morgan fingerprint density at radius 3 is 0.863 bits per heavy atom. The van der Waals surface area contributed by atoms with E-state index in [9.17, 15) is 28.8 Å². The molecule has 0 unspecified atom stereocenters. The van der Waals surface area contributed by atoms with Gasteiger partial charge in [0.15, 0.2) is 0 Å². The number of para-hydroxylation sites is 2. The van der Waals surface area contributed by atoms with Gasteiger partial charge in [0.05, 0.1) is 11.1 Å². The van der Waals surface area contributed by atoms with E-state index in [0.29, 0.717) is 22.6 Å². The first-order chi connectivity index (χ1) is 35.2. The van der Waals surface area contributed by atoms with Crippen LogP contribution in [0.5, 0.6) is 46.0 Å². The van der Waals surface area contributed by atoms with Crippen molar-refractivity contribution in [1.82, 2.24) is 0 Å². The van der Waals surface area contributed by atoms with E-state index in [-0.39, 0.29) is 46.4 Å². The third-order valence-corrected chi connectivity index (χ3v) is 10.0. The normalized spacial score (nSPS) is 10.2. The van der Waals surface area contributed by atoms with Crippen LogP contribution >= 0.6 is 0 Å². The summed E-state index contributed by atoms with van der Waals surface area (Å²) in [6.07, 6.45) is -1.92. The van der Waals surface area contributed by atoms with Crippen LogP contribution < -0.4 is 37.9 Å². The summed E-state index contributed by atoms with van der Waals surface area (Å²) in [7, 11) is 0. The molecule has 368 valence electrons. The highest BCUT2D eigenvalue weighted by Crippen LogP contribution is 2.34. The number of ether oxygens (including phenoxy) is 8. The SMILES string of the molecule is CC(=O)Oc1ccccc1.CC(=O)Oc1ccccc1.CC(C)(c1ccc(OC(=O)Oc2cccc(OC(=O)c3ccccc3)c2)cc1)c1ccc(OC(=O)Oc2cccc(OC(=O)c3ccccc3)c2)cc1. The Morgan fingerprint density at radius 1 is 0.288 bits per heavy atom. The predicted molar refractivity (Wildman–Crippen MR) is 270 cm³/mol. The largest absolute Gasteiger partial charge is 0.519 e. The summed E-state index contributed by atoms with van der Waals surface area (Å²) in [4.78, 5) is 70.6. The maximum Gasteiger partial charge on any atom is 0.519 e. The summed E-state index contributed by atoms with van der Waals surface area (Å²) in [6.45, 7) is 6.81. The van der Waals surface area contributed by atoms with E-state index in [1.165, 1.54) is 26.0 Å². The second kappa shape index (κ2) is 26.2. The van der Waals surface area contributed by atoms with Crippen molar-refractivity contribution in [2.24, 2.45) is 0 Å². The van der Waals surface area contributed by atoms with Crippen molar-refractivity contribution in [3.05, 3.63) is 241 Å². The average Bonchev–Trinajstić information content (AvgIpc) is 3.38. The van der Waals surface area contributed by atoms with E-state index in [0.717, 1.165) is 11.1 Å². The molecule has 14 heteroatoms. The third kappa shape index (κ3) is 17.3. The smallest absolute Gasteiger partial charge is 0.427 e. The topological polar surface area (TPSA) is 176 Å². The maximum absolute atomic E-state index is 12.5. The van der Waals surface area contributed by atoms with Crippen LogP contribution in [0.3, 0.4) is 0 Å². The molecule has 8 aromatic rings. The Balaban J connectivity index is 0.000000359. The summed E-state index contributed by atoms with van der Waals surface area (Å²) >= 11 is 0. The summed E-state index contributed by atoms with van der Waals surface area (Å²) in [5.74, 6) is 0.771. The molecular weight excluding hydrogens is 933 g/mol. The second-order valence-corrected chi connectivity index (χ2v) is 15.9. The molecule has 8 aromatic carbocycles. The van der Waals surface area contributed by atoms with Crippen LogP contribution in [0.1, 0.15) is 59.5 Å². The molecule has 0 aliphatic rings. The molecule has 0 bridgehead atoms. The molecule has 0 spiro atoms. The minimum Gasteiger partial charge on any atom is -0.427 e. The number of carbonyl (C=O) groups excluding carboxylic acids is 6. The Labute approximate surface area is 421 Å². The fraction of sp³-hybridized carbons (Fsp3) is 0.0847. The summed E-state index contributed by atoms with van der Waals surface area (Å²) in [6, 6.07) is 61.2. The molecule has 0 saturated heterocycles. The standard InChI is InChI=1S/C43H32O10.2C8H8O2/c1-43(2,31-19-23-33(24-20-31)50-41(46)52-37-17-9-15-35(27-37)48-39(44)29-11-5-3-6-12-29)32-21-25-34(26-22-32)51-42(47)53-38-18-10-16-36(28-38)49-40(45)30-13-7-4-8-14-30;2*1-7(9)10-8-5-3-2-4-6-8/h3-28H,1-2H3;2*2-6H,1H3. The van der Waals surface area contributed by atoms with Gasteiger partial charge in [0.25, 0.3) is 0 Å². The first-order valence-electron chi connectivity index (χ1n) is 22.4. The van der Waals surface area contributed by atoms with Crippen LogP contribution in [-0.4, -0.2) is 36.2 Å². The first kappa shape index (κ1) is 52.5. The van der Waals surface area contributed by atoms with Gasteiger partial charge >= 0.3 is 36.2 Å². The van der Waals surface area contributed by atoms with Crippen molar-refractivity contribution < 1.29 is 66.7 Å². The molecule has 0 amide bonds. The quantitative estimate of drug-likeness (QED) is 0.0642. The molecule has 14 nitrogen and oxygen atoms in total. The van der Waals surface area contributed by atoms with E-state index in [2.05, 4.69) is 0 Å². The lowest BCUT2D eigenvalue weighted by Gasteiger charge is -2.26. The van der Waals surface area contributed by atoms with Crippen LogP contribution in [0.15, 0.2) is 218 Å². The predicted octanol–water partition coefficient (Wildman–Crippen LogP) is 12.8. The van der Waals surface area contributed by atoms with E-state index in [1.807, 2.05) is 74.5 Å². The Hall–Kier alpha value is -9.82. The summed E-state index contributed by atoms with van der Waals surface area (Å²) in [5, 5.41) is 0. The molecule has 8 rings (SSSR count). The van der Waals surface area contributed by atoms with E-state index in [1.54, 1.807) is 146 Å². The van der Waals surface area contributed by atoms with Crippen molar-refractivity contribution in [1.29, 1.82) is 0 Å². The molecule has 0 atom stereocenters. The maximum atomic E-state index is 12.5. The Bertz CT molecular complexity index is 2880. The van der Waals surface area contributed by atoms with Crippen molar-refractivity contribution >= 4 is 36.2 Å². The number of hydrogen-bond donors (Lipinski definition) is 0. The van der Waals surface area contributed by atoms with E-state index < -0.39 is 29.7 Å². The van der Waals surface area contributed by atoms with Crippen LogP contribution in [-0.2, 0) is 15.0 Å². The molecule has 0 aromatic heterocycles.